The van der Waals surface area contributed by atoms with Crippen LogP contribution >= 0.6 is 0 Å². The van der Waals surface area contributed by atoms with Gasteiger partial charge in [-0.1, -0.05) is 19.4 Å². The number of allylic oxidation sites excluding steroid dienone is 1. The Hall–Kier alpha value is -0.630. The highest BCUT2D eigenvalue weighted by Crippen LogP contribution is 2.65. The summed E-state index contributed by atoms with van der Waals surface area (Å²) in [5.41, 5.74) is 1.89. The third-order valence-corrected chi connectivity index (χ3v) is 7.91. The summed E-state index contributed by atoms with van der Waals surface area (Å²) < 4.78 is 0. The fourth-order valence-corrected chi connectivity index (χ4v) is 6.53. The van der Waals surface area contributed by atoms with Crippen LogP contribution in [-0.2, 0) is 4.79 Å². The van der Waals surface area contributed by atoms with Gasteiger partial charge >= 0.3 is 0 Å². The van der Waals surface area contributed by atoms with Crippen LogP contribution in [0.1, 0.15) is 65.2 Å². The maximum atomic E-state index is 11.8. The van der Waals surface area contributed by atoms with E-state index >= 15 is 0 Å². The molecule has 0 aromatic carbocycles. The Morgan fingerprint density at radius 1 is 1.05 bits per heavy atom. The average Bonchev–Trinajstić information content (AvgIpc) is 2.76. The maximum absolute atomic E-state index is 11.8. The molecule has 116 valence electrons. The molecule has 0 saturated heterocycles. The first-order valence-corrected chi connectivity index (χ1v) is 8.87. The highest BCUT2D eigenvalue weighted by Gasteiger charge is 2.58. The Labute approximate surface area is 128 Å². The summed E-state index contributed by atoms with van der Waals surface area (Å²) in [6, 6.07) is 0. The van der Waals surface area contributed by atoms with Crippen LogP contribution in [0.5, 0.6) is 0 Å². The van der Waals surface area contributed by atoms with Gasteiger partial charge in [-0.05, 0) is 79.6 Å². The van der Waals surface area contributed by atoms with Crippen molar-refractivity contribution in [3.8, 4) is 0 Å². The van der Waals surface area contributed by atoms with Crippen LogP contribution in [-0.4, -0.2) is 17.0 Å². The van der Waals surface area contributed by atoms with Gasteiger partial charge in [0, 0.05) is 6.42 Å². The Morgan fingerprint density at radius 3 is 2.67 bits per heavy atom. The second-order valence-corrected chi connectivity index (χ2v) is 8.61. The van der Waals surface area contributed by atoms with Crippen molar-refractivity contribution in [3.63, 3.8) is 0 Å². The standard InChI is InChI=1S/C19H28O2/c1-18-9-7-13(20)11-12(18)3-4-14-15-5-6-17(21)19(15,2)10-8-16(14)18/h11,14-17,21H,3-10H2,1-2H3/t14-,15-,16-,17-,18-,19-/m0/s1/i11+1,13+1. The Morgan fingerprint density at radius 2 is 1.86 bits per heavy atom. The summed E-state index contributed by atoms with van der Waals surface area (Å²) in [4.78, 5) is 11.8. The van der Waals surface area contributed by atoms with Crippen molar-refractivity contribution in [2.45, 2.75) is 71.3 Å². The molecule has 1 N–H and O–H groups in total. The molecule has 2 nitrogen and oxygen atoms in total. The molecular formula is C19H28O2. The number of carbonyl (C=O) groups is 1. The minimum absolute atomic E-state index is 0.0823. The highest BCUT2D eigenvalue weighted by atomic mass is 16.3. The summed E-state index contributed by atoms with van der Waals surface area (Å²) in [6.07, 6.45) is 10.7. The van der Waals surface area contributed by atoms with Gasteiger partial charge < -0.3 is 5.11 Å². The summed E-state index contributed by atoms with van der Waals surface area (Å²) in [7, 11) is 0. The number of rotatable bonds is 0. The Bertz CT molecular complexity index is 508. The van der Waals surface area contributed by atoms with Gasteiger partial charge in [0.2, 0.25) is 0 Å². The first-order chi connectivity index (χ1) is 9.95. The summed E-state index contributed by atoms with van der Waals surface area (Å²) in [5, 5.41) is 10.4. The van der Waals surface area contributed by atoms with Crippen LogP contribution in [0.3, 0.4) is 0 Å². The molecule has 0 aromatic heterocycles. The second-order valence-electron chi connectivity index (χ2n) is 8.61. The molecule has 4 aliphatic carbocycles. The smallest absolute Gasteiger partial charge is 0.155 e. The molecule has 0 heterocycles. The lowest BCUT2D eigenvalue weighted by atomic mass is 9.48. The van der Waals surface area contributed by atoms with Gasteiger partial charge in [0.05, 0.1) is 6.10 Å². The Balaban J connectivity index is 1.69. The van der Waals surface area contributed by atoms with E-state index in [1.165, 1.54) is 31.3 Å². The monoisotopic (exact) mass is 290 g/mol. The zero-order chi connectivity index (χ0) is 14.8. The predicted molar refractivity (Wildman–Crippen MR) is 82.7 cm³/mol. The second kappa shape index (κ2) is 4.44. The molecule has 0 amide bonds. The van der Waals surface area contributed by atoms with E-state index in [-0.39, 0.29) is 16.9 Å². The van der Waals surface area contributed by atoms with E-state index in [0.29, 0.717) is 11.7 Å². The number of hydrogen-bond acceptors (Lipinski definition) is 2. The fraction of sp³-hybridized carbons (Fsp3) is 0.842. The molecule has 6 atom stereocenters. The molecule has 0 aromatic rings. The van der Waals surface area contributed by atoms with Gasteiger partial charge in [0.15, 0.2) is 5.78 Å². The largest absolute Gasteiger partial charge is 0.393 e. The summed E-state index contributed by atoms with van der Waals surface area (Å²) in [6.45, 7) is 4.76. The molecule has 0 radical (unpaired) electrons. The lowest BCUT2D eigenvalue weighted by molar-refractivity contribution is -0.118. The molecule has 21 heavy (non-hydrogen) atoms. The van der Waals surface area contributed by atoms with Crippen molar-refractivity contribution < 1.29 is 9.90 Å². The zero-order valence-corrected chi connectivity index (χ0v) is 13.4. The molecule has 4 aliphatic rings. The predicted octanol–water partition coefficient (Wildman–Crippen LogP) is 3.88. The van der Waals surface area contributed by atoms with E-state index in [1.807, 2.05) is 6.08 Å². The summed E-state index contributed by atoms with van der Waals surface area (Å²) in [5.74, 6) is 2.57. The van der Waals surface area contributed by atoms with E-state index in [0.717, 1.165) is 37.5 Å². The number of hydrogen-bond donors (Lipinski definition) is 1. The number of aliphatic hydroxyl groups is 1. The topological polar surface area (TPSA) is 37.3 Å². The molecule has 2 heteroatoms. The number of ketones is 1. The van der Waals surface area contributed by atoms with Crippen LogP contribution in [0.4, 0.5) is 0 Å². The van der Waals surface area contributed by atoms with Crippen molar-refractivity contribution in [1.29, 1.82) is 0 Å². The quantitative estimate of drug-likeness (QED) is 0.687. The molecule has 3 fully saturated rings. The Kier molecular flexibility index (Phi) is 2.96. The lowest BCUT2D eigenvalue weighted by Gasteiger charge is -2.57. The minimum Gasteiger partial charge on any atom is -0.393 e. The lowest BCUT2D eigenvalue weighted by Crippen LogP contribution is -2.51. The van der Waals surface area contributed by atoms with Crippen molar-refractivity contribution in [2.24, 2.45) is 28.6 Å². The third-order valence-electron chi connectivity index (χ3n) is 7.91. The van der Waals surface area contributed by atoms with E-state index in [2.05, 4.69) is 13.8 Å². The van der Waals surface area contributed by atoms with Gasteiger partial charge in [-0.15, -0.1) is 0 Å². The van der Waals surface area contributed by atoms with Crippen molar-refractivity contribution in [2.75, 3.05) is 0 Å². The van der Waals surface area contributed by atoms with Gasteiger partial charge in [-0.25, -0.2) is 0 Å². The molecule has 0 spiro atoms. The molecule has 3 saturated carbocycles. The summed E-state index contributed by atoms with van der Waals surface area (Å²) >= 11 is 0. The third kappa shape index (κ3) is 1.78. The zero-order valence-electron chi connectivity index (χ0n) is 13.4. The van der Waals surface area contributed by atoms with E-state index in [1.54, 1.807) is 0 Å². The van der Waals surface area contributed by atoms with Crippen molar-refractivity contribution in [1.82, 2.24) is 0 Å². The van der Waals surface area contributed by atoms with Crippen molar-refractivity contribution in [3.05, 3.63) is 11.6 Å². The van der Waals surface area contributed by atoms with Gasteiger partial charge in [0.25, 0.3) is 0 Å². The van der Waals surface area contributed by atoms with Crippen LogP contribution in [0.2, 0.25) is 0 Å². The van der Waals surface area contributed by atoms with Crippen LogP contribution in [0.25, 0.3) is 0 Å². The first kappa shape index (κ1) is 14.0. The normalized spacial score (nSPS) is 52.7. The average molecular weight is 290 g/mol. The number of carbonyl (C=O) groups excluding carboxylic acids is 1. The van der Waals surface area contributed by atoms with Crippen LogP contribution in [0.15, 0.2) is 11.6 Å². The van der Waals surface area contributed by atoms with Crippen LogP contribution in [0, 0.1) is 28.6 Å². The molecule has 4 rings (SSSR count). The molecule has 0 bridgehead atoms. The van der Waals surface area contributed by atoms with E-state index in [9.17, 15) is 9.90 Å². The maximum Gasteiger partial charge on any atom is 0.155 e. The van der Waals surface area contributed by atoms with Gasteiger partial charge in [-0.3, -0.25) is 4.79 Å². The highest BCUT2D eigenvalue weighted by molar-refractivity contribution is 5.91. The van der Waals surface area contributed by atoms with Gasteiger partial charge in [0.1, 0.15) is 0 Å². The molecule has 0 aliphatic heterocycles. The molecular weight excluding hydrogens is 262 g/mol. The SMILES string of the molecule is C[C@]12CC[C@H]3[C@@H](CCC4=[13CH][13C](=O)CC[C@@]43C)[C@@H]1CC[C@@H]2O. The van der Waals surface area contributed by atoms with Crippen molar-refractivity contribution >= 4 is 5.78 Å². The van der Waals surface area contributed by atoms with Crippen LogP contribution < -0.4 is 0 Å². The van der Waals surface area contributed by atoms with E-state index < -0.39 is 0 Å². The van der Waals surface area contributed by atoms with E-state index in [4.69, 9.17) is 0 Å². The minimum atomic E-state index is -0.0823. The van der Waals surface area contributed by atoms with Gasteiger partial charge in [-0.2, -0.15) is 0 Å². The number of aliphatic hydroxyl groups excluding tert-OH is 1. The molecule has 0 unspecified atom stereocenters. The number of fused-ring (bicyclic) bond motifs is 5. The first-order valence-electron chi connectivity index (χ1n) is 8.87. The fourth-order valence-electron chi connectivity index (χ4n) is 6.53.